The van der Waals surface area contributed by atoms with Crippen molar-refractivity contribution < 1.29 is 14.3 Å². The molecule has 0 aromatic heterocycles. The van der Waals surface area contributed by atoms with E-state index in [4.69, 9.17) is 21.1 Å². The normalized spacial score (nSPS) is 14.3. The quantitative estimate of drug-likeness (QED) is 0.720. The molecular weight excluding hydrogens is 420 g/mol. The molecule has 5 nitrogen and oxygen atoms in total. The Hall–Kier alpha value is -1.92. The van der Waals surface area contributed by atoms with Crippen LogP contribution in [0.2, 0.25) is 5.02 Å². The number of hydrogen-bond acceptors (Lipinski definition) is 4. The van der Waals surface area contributed by atoms with Crippen molar-refractivity contribution in [3.05, 3.63) is 51.5 Å². The van der Waals surface area contributed by atoms with Crippen molar-refractivity contribution in [2.24, 2.45) is 0 Å². The van der Waals surface area contributed by atoms with E-state index in [0.29, 0.717) is 39.6 Å². The molecule has 3 rings (SSSR count). The van der Waals surface area contributed by atoms with Crippen LogP contribution in [0.25, 0.3) is 0 Å². The first kappa shape index (κ1) is 18.9. The number of carbonyl (C=O) groups is 1. The number of nitrogens with zero attached hydrogens (tertiary/aromatic N) is 2. The molecule has 0 spiro atoms. The lowest BCUT2D eigenvalue weighted by molar-refractivity contribution is 0.0743. The van der Waals surface area contributed by atoms with Gasteiger partial charge in [-0.15, -0.1) is 0 Å². The molecule has 0 unspecified atom stereocenters. The second kappa shape index (κ2) is 8.18. The summed E-state index contributed by atoms with van der Waals surface area (Å²) < 4.78 is 11.4. The van der Waals surface area contributed by atoms with E-state index in [1.54, 1.807) is 26.4 Å². The lowest BCUT2D eigenvalue weighted by Crippen LogP contribution is -2.48. The number of hydrogen-bond donors (Lipinski definition) is 0. The number of amides is 1. The molecule has 0 aliphatic carbocycles. The highest BCUT2D eigenvalue weighted by atomic mass is 79.9. The third kappa shape index (κ3) is 3.91. The molecule has 1 amide bonds. The van der Waals surface area contributed by atoms with Gasteiger partial charge in [-0.2, -0.15) is 0 Å². The third-order valence-corrected chi connectivity index (χ3v) is 5.25. The summed E-state index contributed by atoms with van der Waals surface area (Å²) in [5.41, 5.74) is 1.57. The fourth-order valence-electron chi connectivity index (χ4n) is 3.06. The number of ether oxygens (including phenoxy) is 2. The van der Waals surface area contributed by atoms with E-state index >= 15 is 0 Å². The second-order valence-corrected chi connectivity index (χ2v) is 7.24. The van der Waals surface area contributed by atoms with Crippen LogP contribution < -0.4 is 14.4 Å². The van der Waals surface area contributed by atoms with Crippen LogP contribution >= 0.6 is 27.5 Å². The molecule has 0 bridgehead atoms. The van der Waals surface area contributed by atoms with E-state index in [-0.39, 0.29) is 5.91 Å². The fourth-order valence-corrected chi connectivity index (χ4v) is 3.85. The molecule has 1 saturated heterocycles. The largest absolute Gasteiger partial charge is 0.497 e. The highest BCUT2D eigenvalue weighted by molar-refractivity contribution is 9.10. The fraction of sp³-hybridized carbons (Fsp3) is 0.316. The summed E-state index contributed by atoms with van der Waals surface area (Å²) in [6.07, 6.45) is 0. The highest BCUT2D eigenvalue weighted by Crippen LogP contribution is 2.34. The number of anilines is 1. The zero-order valence-corrected chi connectivity index (χ0v) is 17.0. The third-order valence-electron chi connectivity index (χ3n) is 4.43. The molecule has 138 valence electrons. The molecule has 7 heteroatoms. The highest BCUT2D eigenvalue weighted by Gasteiger charge is 2.26. The van der Waals surface area contributed by atoms with Crippen LogP contribution in [0.15, 0.2) is 40.9 Å². The van der Waals surface area contributed by atoms with Gasteiger partial charge < -0.3 is 19.3 Å². The monoisotopic (exact) mass is 438 g/mol. The Morgan fingerprint density at radius 2 is 1.81 bits per heavy atom. The Morgan fingerprint density at radius 3 is 2.42 bits per heavy atom. The minimum atomic E-state index is -0.0628. The van der Waals surface area contributed by atoms with Crippen LogP contribution in [0.3, 0.4) is 0 Å². The Balaban J connectivity index is 1.75. The molecule has 0 N–H and O–H groups in total. The second-order valence-electron chi connectivity index (χ2n) is 5.95. The molecule has 0 saturated carbocycles. The van der Waals surface area contributed by atoms with Crippen LogP contribution in [-0.2, 0) is 0 Å². The van der Waals surface area contributed by atoms with Gasteiger partial charge in [0.15, 0.2) is 0 Å². The van der Waals surface area contributed by atoms with Crippen LogP contribution in [0.1, 0.15) is 10.4 Å². The predicted octanol–water partition coefficient (Wildman–Crippen LogP) is 4.08. The number of halogens is 2. The van der Waals surface area contributed by atoms with E-state index in [0.717, 1.165) is 18.8 Å². The van der Waals surface area contributed by atoms with Crippen molar-refractivity contribution in [1.29, 1.82) is 0 Å². The average Bonchev–Trinajstić information content (AvgIpc) is 2.67. The van der Waals surface area contributed by atoms with Gasteiger partial charge in [0, 0.05) is 36.9 Å². The Morgan fingerprint density at radius 1 is 1.08 bits per heavy atom. The van der Waals surface area contributed by atoms with Crippen molar-refractivity contribution >= 4 is 39.1 Å². The van der Waals surface area contributed by atoms with Gasteiger partial charge in [0.2, 0.25) is 0 Å². The first-order valence-electron chi connectivity index (χ1n) is 8.25. The van der Waals surface area contributed by atoms with Crippen molar-refractivity contribution in [3.8, 4) is 11.5 Å². The molecule has 2 aromatic carbocycles. The summed E-state index contributed by atoms with van der Waals surface area (Å²) in [6.45, 7) is 2.76. The van der Waals surface area contributed by atoms with Crippen molar-refractivity contribution in [2.75, 3.05) is 45.3 Å². The Kier molecular flexibility index (Phi) is 5.94. The van der Waals surface area contributed by atoms with Gasteiger partial charge in [0.05, 0.1) is 24.3 Å². The lowest BCUT2D eigenvalue weighted by Gasteiger charge is -2.36. The molecule has 1 aliphatic heterocycles. The first-order chi connectivity index (χ1) is 12.5. The average molecular weight is 440 g/mol. The molecular formula is C19H20BrClN2O3. The van der Waals surface area contributed by atoms with E-state index in [2.05, 4.69) is 20.8 Å². The molecule has 1 heterocycles. The minimum absolute atomic E-state index is 0.0628. The molecule has 0 radical (unpaired) electrons. The Bertz CT molecular complexity index is 807. The van der Waals surface area contributed by atoms with Gasteiger partial charge in [0.1, 0.15) is 11.5 Å². The van der Waals surface area contributed by atoms with Gasteiger partial charge in [-0.25, -0.2) is 0 Å². The van der Waals surface area contributed by atoms with Crippen molar-refractivity contribution in [2.45, 2.75) is 0 Å². The van der Waals surface area contributed by atoms with Gasteiger partial charge in [-0.3, -0.25) is 4.79 Å². The molecule has 1 fully saturated rings. The van der Waals surface area contributed by atoms with Crippen LogP contribution in [0.4, 0.5) is 5.69 Å². The van der Waals surface area contributed by atoms with Crippen LogP contribution in [0.5, 0.6) is 11.5 Å². The van der Waals surface area contributed by atoms with E-state index in [9.17, 15) is 4.79 Å². The number of piperazine rings is 1. The lowest BCUT2D eigenvalue weighted by atomic mass is 10.1. The summed E-state index contributed by atoms with van der Waals surface area (Å²) >= 11 is 9.52. The zero-order valence-electron chi connectivity index (χ0n) is 14.7. The molecule has 1 aliphatic rings. The topological polar surface area (TPSA) is 42.0 Å². The SMILES string of the molecule is COc1cc(Br)c(OC)c(C(=O)N2CCN(c3cccc(Cl)c3)CC2)c1. The zero-order chi connectivity index (χ0) is 18.7. The number of carbonyl (C=O) groups excluding carboxylic acids is 1. The van der Waals surface area contributed by atoms with E-state index in [1.807, 2.05) is 29.2 Å². The summed E-state index contributed by atoms with van der Waals surface area (Å²) in [5, 5.41) is 0.715. The minimum Gasteiger partial charge on any atom is -0.497 e. The van der Waals surface area contributed by atoms with E-state index < -0.39 is 0 Å². The smallest absolute Gasteiger partial charge is 0.257 e. The van der Waals surface area contributed by atoms with Gasteiger partial charge in [-0.1, -0.05) is 17.7 Å². The summed E-state index contributed by atoms with van der Waals surface area (Å²) in [5.74, 6) is 1.07. The van der Waals surface area contributed by atoms with Crippen molar-refractivity contribution in [1.82, 2.24) is 4.90 Å². The number of methoxy groups -OCH3 is 2. The summed E-state index contributed by atoms with van der Waals surface area (Å²) in [6, 6.07) is 11.3. The van der Waals surface area contributed by atoms with Gasteiger partial charge >= 0.3 is 0 Å². The standard InChI is InChI=1S/C19H20BrClN2O3/c1-25-15-11-16(18(26-2)17(20)12-15)19(24)23-8-6-22(7-9-23)14-5-3-4-13(21)10-14/h3-5,10-12H,6-9H2,1-2H3. The number of benzene rings is 2. The van der Waals surface area contributed by atoms with E-state index in [1.165, 1.54) is 0 Å². The maximum atomic E-state index is 13.0. The molecule has 0 atom stereocenters. The van der Waals surface area contributed by atoms with Gasteiger partial charge in [0.25, 0.3) is 5.91 Å². The summed E-state index contributed by atoms with van der Waals surface area (Å²) in [7, 11) is 3.13. The maximum absolute atomic E-state index is 13.0. The maximum Gasteiger partial charge on any atom is 0.257 e. The van der Waals surface area contributed by atoms with Crippen LogP contribution in [0, 0.1) is 0 Å². The Labute approximate surface area is 166 Å². The molecule has 2 aromatic rings. The molecule has 26 heavy (non-hydrogen) atoms. The van der Waals surface area contributed by atoms with Crippen LogP contribution in [-0.4, -0.2) is 51.2 Å². The first-order valence-corrected chi connectivity index (χ1v) is 9.42. The summed E-state index contributed by atoms with van der Waals surface area (Å²) in [4.78, 5) is 17.1. The predicted molar refractivity (Wildman–Crippen MR) is 107 cm³/mol. The van der Waals surface area contributed by atoms with Gasteiger partial charge in [-0.05, 0) is 46.3 Å². The number of rotatable bonds is 4. The van der Waals surface area contributed by atoms with Crippen molar-refractivity contribution in [3.63, 3.8) is 0 Å².